The fourth-order valence-electron chi connectivity index (χ4n) is 3.25. The van der Waals surface area contributed by atoms with E-state index in [4.69, 9.17) is 11.6 Å². The van der Waals surface area contributed by atoms with Crippen LogP contribution in [0.3, 0.4) is 0 Å². The molecule has 1 unspecified atom stereocenters. The minimum absolute atomic E-state index is 0. The van der Waals surface area contributed by atoms with Crippen LogP contribution in [-0.4, -0.2) is 52.3 Å². The van der Waals surface area contributed by atoms with Crippen molar-refractivity contribution in [2.75, 3.05) is 26.7 Å². The zero-order chi connectivity index (χ0) is 17.8. The van der Waals surface area contributed by atoms with Crippen LogP contribution >= 0.6 is 24.0 Å². The lowest BCUT2D eigenvalue weighted by atomic mass is 10.1. The minimum atomic E-state index is -0.0956. The second-order valence-electron chi connectivity index (χ2n) is 6.43. The molecule has 0 saturated carbocycles. The molecule has 1 fully saturated rings. The first-order chi connectivity index (χ1) is 12.1. The van der Waals surface area contributed by atoms with Gasteiger partial charge in [0.15, 0.2) is 0 Å². The van der Waals surface area contributed by atoms with E-state index in [1.807, 2.05) is 36.2 Å². The Morgan fingerprint density at radius 3 is 2.85 bits per heavy atom. The average Bonchev–Trinajstić information content (AvgIpc) is 3.23. The Morgan fingerprint density at radius 2 is 2.15 bits per heavy atom. The summed E-state index contributed by atoms with van der Waals surface area (Å²) in [5.74, 6) is 1.43. The highest BCUT2D eigenvalue weighted by molar-refractivity contribution is 6.32. The topological polar surface area (TPSA) is 63.1 Å². The predicted octanol–water partition coefficient (Wildman–Crippen LogP) is 2.98. The first-order valence-electron chi connectivity index (χ1n) is 8.78. The quantitative estimate of drug-likeness (QED) is 0.813. The lowest BCUT2D eigenvalue weighted by Crippen LogP contribution is -2.31. The zero-order valence-corrected chi connectivity index (χ0v) is 16.7. The van der Waals surface area contributed by atoms with Crippen LogP contribution in [0, 0.1) is 5.92 Å². The number of carbonyl (C=O) groups is 1. The van der Waals surface area contributed by atoms with Gasteiger partial charge in [-0.3, -0.25) is 4.79 Å². The number of nitrogens with zero attached hydrogens (tertiary/aromatic N) is 4. The Morgan fingerprint density at radius 1 is 1.38 bits per heavy atom. The van der Waals surface area contributed by atoms with Crippen LogP contribution in [0.15, 0.2) is 24.3 Å². The summed E-state index contributed by atoms with van der Waals surface area (Å²) >= 11 is 6.31. The van der Waals surface area contributed by atoms with E-state index in [2.05, 4.69) is 22.3 Å². The Kier molecular flexibility index (Phi) is 7.43. The van der Waals surface area contributed by atoms with E-state index >= 15 is 0 Å². The summed E-state index contributed by atoms with van der Waals surface area (Å²) in [7, 11) is 1.94. The molecule has 6 nitrogen and oxygen atoms in total. The number of amides is 1. The number of nitrogens with one attached hydrogen (secondary N) is 1. The molecule has 3 rings (SSSR count). The zero-order valence-electron chi connectivity index (χ0n) is 15.1. The van der Waals surface area contributed by atoms with Gasteiger partial charge < -0.3 is 10.2 Å². The first-order valence-corrected chi connectivity index (χ1v) is 9.16. The van der Waals surface area contributed by atoms with E-state index in [0.717, 1.165) is 50.4 Å². The second-order valence-corrected chi connectivity index (χ2v) is 6.84. The molecule has 1 aliphatic heterocycles. The molecular weight excluding hydrogens is 373 g/mol. The third-order valence-corrected chi connectivity index (χ3v) is 4.81. The maximum Gasteiger partial charge on any atom is 0.293 e. The van der Waals surface area contributed by atoms with Gasteiger partial charge in [0, 0.05) is 19.5 Å². The number of benzene rings is 1. The van der Waals surface area contributed by atoms with E-state index in [-0.39, 0.29) is 24.1 Å². The minimum Gasteiger partial charge on any atom is -0.336 e. The molecule has 1 atom stereocenters. The van der Waals surface area contributed by atoms with Crippen molar-refractivity contribution in [1.82, 2.24) is 25.0 Å². The molecule has 1 aromatic carbocycles. The number of halogens is 2. The number of aryl methyl sites for hydroxylation is 1. The van der Waals surface area contributed by atoms with Crippen LogP contribution in [0.2, 0.25) is 5.02 Å². The summed E-state index contributed by atoms with van der Waals surface area (Å²) in [5, 5.41) is 8.26. The molecule has 142 valence electrons. The number of hydrogen-bond donors (Lipinski definition) is 1. The van der Waals surface area contributed by atoms with Crippen molar-refractivity contribution in [3.8, 4) is 5.69 Å². The highest BCUT2D eigenvalue weighted by atomic mass is 35.5. The summed E-state index contributed by atoms with van der Waals surface area (Å²) in [6.07, 6.45) is 2.68. The van der Waals surface area contributed by atoms with Crippen molar-refractivity contribution in [3.05, 3.63) is 40.9 Å². The summed E-state index contributed by atoms with van der Waals surface area (Å²) in [5.41, 5.74) is 0.758. The molecular formula is C18H25Cl2N5O. The van der Waals surface area contributed by atoms with Gasteiger partial charge in [-0.1, -0.05) is 30.7 Å². The lowest BCUT2D eigenvalue weighted by Gasteiger charge is -2.14. The van der Waals surface area contributed by atoms with Crippen molar-refractivity contribution in [1.29, 1.82) is 0 Å². The number of hydrogen-bond acceptors (Lipinski definition) is 4. The number of rotatable bonds is 6. The van der Waals surface area contributed by atoms with Crippen molar-refractivity contribution in [2.24, 2.45) is 5.92 Å². The van der Waals surface area contributed by atoms with Crippen LogP contribution in [0.5, 0.6) is 0 Å². The van der Waals surface area contributed by atoms with Crippen LogP contribution in [0.4, 0.5) is 0 Å². The lowest BCUT2D eigenvalue weighted by molar-refractivity contribution is 0.0775. The molecule has 0 aliphatic carbocycles. The molecule has 8 heteroatoms. The van der Waals surface area contributed by atoms with Crippen molar-refractivity contribution < 1.29 is 4.79 Å². The maximum absolute atomic E-state index is 12.8. The average molecular weight is 398 g/mol. The number of para-hydroxylation sites is 1. The number of carbonyl (C=O) groups excluding carboxylic acids is 1. The molecule has 0 radical (unpaired) electrons. The molecule has 2 heterocycles. The van der Waals surface area contributed by atoms with E-state index in [1.54, 1.807) is 4.68 Å². The largest absolute Gasteiger partial charge is 0.336 e. The Hall–Kier alpha value is -1.63. The molecule has 1 aromatic heterocycles. The summed E-state index contributed by atoms with van der Waals surface area (Å²) in [6.45, 7) is 4.51. The van der Waals surface area contributed by atoms with Gasteiger partial charge in [-0.05, 0) is 44.5 Å². The van der Waals surface area contributed by atoms with Crippen LogP contribution in [0.1, 0.15) is 36.2 Å². The highest BCUT2D eigenvalue weighted by Gasteiger charge is 2.29. The molecule has 26 heavy (non-hydrogen) atoms. The molecule has 0 bridgehead atoms. The Labute approximate surface area is 165 Å². The Bertz CT molecular complexity index is 749. The summed E-state index contributed by atoms with van der Waals surface area (Å²) < 4.78 is 1.71. The van der Waals surface area contributed by atoms with Gasteiger partial charge in [0.05, 0.1) is 10.7 Å². The molecule has 1 saturated heterocycles. The smallest absolute Gasteiger partial charge is 0.293 e. The third-order valence-electron chi connectivity index (χ3n) is 4.49. The SMILES string of the molecule is CCCc1nc(C(=O)N2CCC(CNC)C2)nn1-c1ccccc1Cl.Cl. The van der Waals surface area contributed by atoms with Gasteiger partial charge in [-0.15, -0.1) is 17.5 Å². The second kappa shape index (κ2) is 9.35. The van der Waals surface area contributed by atoms with E-state index < -0.39 is 0 Å². The monoisotopic (exact) mass is 397 g/mol. The normalized spacial score (nSPS) is 16.6. The molecule has 1 aliphatic rings. The van der Waals surface area contributed by atoms with Gasteiger partial charge in [0.2, 0.25) is 5.82 Å². The highest BCUT2D eigenvalue weighted by Crippen LogP contribution is 2.22. The summed E-state index contributed by atoms with van der Waals surface area (Å²) in [4.78, 5) is 19.2. The summed E-state index contributed by atoms with van der Waals surface area (Å²) in [6, 6.07) is 7.49. The number of aromatic nitrogens is 3. The van der Waals surface area contributed by atoms with Gasteiger partial charge in [-0.25, -0.2) is 9.67 Å². The van der Waals surface area contributed by atoms with Crippen LogP contribution in [0.25, 0.3) is 5.69 Å². The number of likely N-dealkylation sites (tertiary alicyclic amines) is 1. The van der Waals surface area contributed by atoms with E-state index in [1.165, 1.54) is 0 Å². The van der Waals surface area contributed by atoms with Crippen LogP contribution < -0.4 is 5.32 Å². The third kappa shape index (κ3) is 4.37. The fourth-order valence-corrected chi connectivity index (χ4v) is 3.47. The standard InChI is InChI=1S/C18H24ClN5O.ClH/c1-3-6-16-21-17(18(25)23-10-9-13(12-23)11-20-2)22-24(16)15-8-5-4-7-14(15)19;/h4-5,7-8,13,20H,3,6,9-12H2,1-2H3;1H. The molecule has 1 N–H and O–H groups in total. The predicted molar refractivity (Wildman–Crippen MR) is 106 cm³/mol. The van der Waals surface area contributed by atoms with Crippen molar-refractivity contribution >= 4 is 29.9 Å². The van der Waals surface area contributed by atoms with Gasteiger partial charge in [0.25, 0.3) is 5.91 Å². The first kappa shape index (κ1) is 20.7. The molecule has 0 spiro atoms. The maximum atomic E-state index is 12.8. The van der Waals surface area contributed by atoms with Crippen molar-refractivity contribution in [3.63, 3.8) is 0 Å². The van der Waals surface area contributed by atoms with Crippen LogP contribution in [-0.2, 0) is 6.42 Å². The molecule has 1 amide bonds. The van der Waals surface area contributed by atoms with E-state index in [0.29, 0.717) is 10.9 Å². The van der Waals surface area contributed by atoms with Gasteiger partial charge in [-0.2, -0.15) is 0 Å². The Balaban J connectivity index is 0.00000243. The molecule has 2 aromatic rings. The van der Waals surface area contributed by atoms with E-state index in [9.17, 15) is 4.79 Å². The van der Waals surface area contributed by atoms with Crippen molar-refractivity contribution in [2.45, 2.75) is 26.2 Å². The fraction of sp³-hybridized carbons (Fsp3) is 0.500. The van der Waals surface area contributed by atoms with Gasteiger partial charge in [0.1, 0.15) is 5.82 Å². The van der Waals surface area contributed by atoms with Gasteiger partial charge >= 0.3 is 0 Å².